The summed E-state index contributed by atoms with van der Waals surface area (Å²) in [5.74, 6) is 0.321. The third-order valence-corrected chi connectivity index (χ3v) is 3.73. The molecule has 3 rings (SSSR count). The second-order valence-electron chi connectivity index (χ2n) is 4.18. The Morgan fingerprint density at radius 2 is 2.16 bits per heavy atom. The normalized spacial score (nSPS) is 10.9. The molecular formula is C13H12N4OS. The van der Waals surface area contributed by atoms with Gasteiger partial charge in [0.2, 0.25) is 5.91 Å². The molecule has 0 atom stereocenters. The number of nitrogens with two attached hydrogens (primary N) is 2. The lowest BCUT2D eigenvalue weighted by molar-refractivity contribution is -0.118. The van der Waals surface area contributed by atoms with Crippen LogP contribution in [0, 0.1) is 0 Å². The van der Waals surface area contributed by atoms with Crippen LogP contribution < -0.4 is 11.5 Å². The number of nitrogens with zero attached hydrogens (tertiary/aromatic N) is 2. The summed E-state index contributed by atoms with van der Waals surface area (Å²) in [5, 5.41) is 1.96. The van der Waals surface area contributed by atoms with Gasteiger partial charge in [0, 0.05) is 0 Å². The van der Waals surface area contributed by atoms with Gasteiger partial charge in [0.1, 0.15) is 12.1 Å². The number of aromatic nitrogens is 2. The smallest absolute Gasteiger partial charge is 0.237 e. The number of fused-ring (bicyclic) bond motifs is 1. The van der Waals surface area contributed by atoms with Crippen molar-refractivity contribution in [2.45, 2.75) is 6.54 Å². The summed E-state index contributed by atoms with van der Waals surface area (Å²) in [6, 6.07) is 9.42. The first-order chi connectivity index (χ1) is 9.16. The highest BCUT2D eigenvalue weighted by atomic mass is 32.1. The fourth-order valence-corrected chi connectivity index (χ4v) is 2.80. The molecule has 96 valence electrons. The summed E-state index contributed by atoms with van der Waals surface area (Å²) in [7, 11) is 0. The molecule has 0 saturated carbocycles. The molecule has 3 aromatic rings. The second kappa shape index (κ2) is 4.40. The molecule has 19 heavy (non-hydrogen) atoms. The fraction of sp³-hybridized carbons (Fsp3) is 0.0769. The van der Waals surface area contributed by atoms with Gasteiger partial charge in [-0.25, -0.2) is 4.98 Å². The van der Waals surface area contributed by atoms with Gasteiger partial charge in [-0.3, -0.25) is 4.79 Å². The quantitative estimate of drug-likeness (QED) is 0.713. The molecule has 5 nitrogen and oxygen atoms in total. The highest BCUT2D eigenvalue weighted by Crippen LogP contribution is 2.30. The summed E-state index contributed by atoms with van der Waals surface area (Å²) in [4.78, 5) is 16.8. The molecule has 0 spiro atoms. The van der Waals surface area contributed by atoms with Crippen LogP contribution in [0.1, 0.15) is 0 Å². The number of nitrogen functional groups attached to an aromatic ring is 1. The topological polar surface area (TPSA) is 86.9 Å². The number of hydrogen-bond donors (Lipinski definition) is 2. The van der Waals surface area contributed by atoms with E-state index in [9.17, 15) is 4.79 Å². The maximum absolute atomic E-state index is 11.3. The predicted octanol–water partition coefficient (Wildman–Crippen LogP) is 1.83. The first-order valence-corrected chi connectivity index (χ1v) is 6.61. The third-order valence-electron chi connectivity index (χ3n) is 2.87. The Hall–Kier alpha value is -2.34. The van der Waals surface area contributed by atoms with Crippen molar-refractivity contribution >= 4 is 34.0 Å². The Bertz CT molecular complexity index is 745. The molecule has 0 fully saturated rings. The number of carbonyl (C=O) groups is 1. The number of anilines is 1. The number of thiophene rings is 1. The van der Waals surface area contributed by atoms with Crippen molar-refractivity contribution in [1.29, 1.82) is 0 Å². The summed E-state index contributed by atoms with van der Waals surface area (Å²) >= 11 is 1.56. The van der Waals surface area contributed by atoms with E-state index < -0.39 is 5.91 Å². The van der Waals surface area contributed by atoms with E-state index in [0.717, 1.165) is 16.2 Å². The number of para-hydroxylation sites is 1. The van der Waals surface area contributed by atoms with Crippen molar-refractivity contribution in [2.24, 2.45) is 5.73 Å². The first-order valence-electron chi connectivity index (χ1n) is 5.73. The lowest BCUT2D eigenvalue weighted by Crippen LogP contribution is -2.19. The minimum Gasteiger partial charge on any atom is -0.397 e. The molecule has 0 unspecified atom stereocenters. The van der Waals surface area contributed by atoms with E-state index in [2.05, 4.69) is 4.98 Å². The number of hydrogen-bond acceptors (Lipinski definition) is 4. The number of imidazole rings is 1. The highest BCUT2D eigenvalue weighted by Gasteiger charge is 2.15. The molecule has 1 amide bonds. The van der Waals surface area contributed by atoms with Gasteiger partial charge in [-0.05, 0) is 23.6 Å². The van der Waals surface area contributed by atoms with Crippen molar-refractivity contribution in [2.75, 3.05) is 5.73 Å². The summed E-state index contributed by atoms with van der Waals surface area (Å²) in [6.45, 7) is 0.0905. The second-order valence-corrected chi connectivity index (χ2v) is 5.13. The van der Waals surface area contributed by atoms with Gasteiger partial charge >= 0.3 is 0 Å². The van der Waals surface area contributed by atoms with Gasteiger partial charge < -0.3 is 16.0 Å². The van der Waals surface area contributed by atoms with E-state index in [1.807, 2.05) is 29.6 Å². The highest BCUT2D eigenvalue weighted by molar-refractivity contribution is 7.13. The van der Waals surface area contributed by atoms with Crippen LogP contribution in [0.2, 0.25) is 0 Å². The Morgan fingerprint density at radius 1 is 1.32 bits per heavy atom. The summed E-state index contributed by atoms with van der Waals surface area (Å²) in [5.41, 5.74) is 13.4. The SMILES string of the molecule is NC(=O)Cn1c(-c2cccs2)nc2c(N)cccc21. The van der Waals surface area contributed by atoms with E-state index in [4.69, 9.17) is 11.5 Å². The zero-order valence-corrected chi connectivity index (χ0v) is 10.9. The number of carbonyl (C=O) groups excluding carboxylic acids is 1. The molecule has 0 bridgehead atoms. The largest absolute Gasteiger partial charge is 0.397 e. The molecule has 0 saturated heterocycles. The van der Waals surface area contributed by atoms with Gasteiger partial charge in [-0.15, -0.1) is 11.3 Å². The van der Waals surface area contributed by atoms with Crippen LogP contribution in [0.3, 0.4) is 0 Å². The zero-order valence-electron chi connectivity index (χ0n) is 10.0. The van der Waals surface area contributed by atoms with E-state index in [1.54, 1.807) is 22.0 Å². The minimum absolute atomic E-state index is 0.0905. The van der Waals surface area contributed by atoms with Gasteiger partial charge in [-0.1, -0.05) is 12.1 Å². The number of rotatable bonds is 3. The monoisotopic (exact) mass is 272 g/mol. The molecule has 6 heteroatoms. The Balaban J connectivity index is 2.31. The minimum atomic E-state index is -0.403. The number of amides is 1. The van der Waals surface area contributed by atoms with Gasteiger partial charge in [0.05, 0.1) is 16.1 Å². The Kier molecular flexibility index (Phi) is 2.72. The fourth-order valence-electron chi connectivity index (χ4n) is 2.08. The standard InChI is InChI=1S/C13H12N4OS/c14-8-3-1-4-9-12(8)16-13(10-5-2-6-19-10)17(9)7-11(15)18/h1-6H,7,14H2,(H2,15,18). The van der Waals surface area contributed by atoms with Gasteiger partial charge in [-0.2, -0.15) is 0 Å². The maximum Gasteiger partial charge on any atom is 0.237 e. The molecule has 0 aliphatic carbocycles. The van der Waals surface area contributed by atoms with Crippen LogP contribution in [0.15, 0.2) is 35.7 Å². The van der Waals surface area contributed by atoms with Crippen molar-refractivity contribution < 1.29 is 4.79 Å². The molecule has 0 aliphatic heterocycles. The van der Waals surface area contributed by atoms with E-state index in [0.29, 0.717) is 11.2 Å². The van der Waals surface area contributed by atoms with Crippen molar-refractivity contribution in [3.8, 4) is 10.7 Å². The van der Waals surface area contributed by atoms with E-state index in [1.165, 1.54) is 0 Å². The van der Waals surface area contributed by atoms with Crippen LogP contribution in [-0.2, 0) is 11.3 Å². The van der Waals surface area contributed by atoms with Crippen LogP contribution in [-0.4, -0.2) is 15.5 Å². The summed E-state index contributed by atoms with van der Waals surface area (Å²) < 4.78 is 1.81. The van der Waals surface area contributed by atoms with Crippen molar-refractivity contribution in [3.63, 3.8) is 0 Å². The van der Waals surface area contributed by atoms with Gasteiger partial charge in [0.25, 0.3) is 0 Å². The summed E-state index contributed by atoms with van der Waals surface area (Å²) in [6.07, 6.45) is 0. The lowest BCUT2D eigenvalue weighted by atomic mass is 10.3. The molecule has 4 N–H and O–H groups in total. The maximum atomic E-state index is 11.3. The molecular weight excluding hydrogens is 260 g/mol. The zero-order chi connectivity index (χ0) is 13.4. The van der Waals surface area contributed by atoms with Crippen LogP contribution in [0.25, 0.3) is 21.7 Å². The van der Waals surface area contributed by atoms with Crippen molar-refractivity contribution in [1.82, 2.24) is 9.55 Å². The van der Waals surface area contributed by atoms with Crippen LogP contribution >= 0.6 is 11.3 Å². The average molecular weight is 272 g/mol. The van der Waals surface area contributed by atoms with Crippen LogP contribution in [0.5, 0.6) is 0 Å². The number of benzene rings is 1. The third kappa shape index (κ3) is 1.96. The van der Waals surface area contributed by atoms with Crippen molar-refractivity contribution in [3.05, 3.63) is 35.7 Å². The first kappa shape index (κ1) is 11.7. The lowest BCUT2D eigenvalue weighted by Gasteiger charge is -2.05. The Labute approximate surface area is 113 Å². The van der Waals surface area contributed by atoms with Gasteiger partial charge in [0.15, 0.2) is 5.82 Å². The van der Waals surface area contributed by atoms with E-state index in [-0.39, 0.29) is 6.54 Å². The Morgan fingerprint density at radius 3 is 2.84 bits per heavy atom. The van der Waals surface area contributed by atoms with E-state index >= 15 is 0 Å². The average Bonchev–Trinajstić information content (AvgIpc) is 2.97. The van der Waals surface area contributed by atoms with Crippen LogP contribution in [0.4, 0.5) is 5.69 Å². The molecule has 0 aliphatic rings. The molecule has 2 heterocycles. The molecule has 2 aromatic heterocycles. The molecule has 0 radical (unpaired) electrons. The number of primary amides is 1. The predicted molar refractivity (Wildman–Crippen MR) is 76.7 cm³/mol. The molecule has 1 aromatic carbocycles.